The van der Waals surface area contributed by atoms with E-state index in [2.05, 4.69) is 21.2 Å². The summed E-state index contributed by atoms with van der Waals surface area (Å²) in [4.78, 5) is 11.6. The predicted molar refractivity (Wildman–Crippen MR) is 82.7 cm³/mol. The number of aliphatic hydroxyl groups is 1. The van der Waals surface area contributed by atoms with E-state index >= 15 is 0 Å². The van der Waals surface area contributed by atoms with Gasteiger partial charge in [-0.25, -0.2) is 0 Å². The van der Waals surface area contributed by atoms with Gasteiger partial charge in [-0.2, -0.15) is 0 Å². The predicted octanol–water partition coefficient (Wildman–Crippen LogP) is 2.74. The van der Waals surface area contributed by atoms with Crippen LogP contribution in [0.5, 0.6) is 5.75 Å². The molecule has 2 N–H and O–H groups in total. The zero-order chi connectivity index (χ0) is 15.0. The molecule has 0 aromatic heterocycles. The number of carbonyl (C=O) groups excluding carboxylic acids is 1. The van der Waals surface area contributed by atoms with Crippen molar-refractivity contribution in [2.24, 2.45) is 5.92 Å². The normalized spacial score (nSPS) is 12.2. The van der Waals surface area contributed by atoms with E-state index < -0.39 is 6.10 Å². The van der Waals surface area contributed by atoms with Gasteiger partial charge in [-0.1, -0.05) is 35.8 Å². The second kappa shape index (κ2) is 8.97. The molecule has 5 heteroatoms. The third kappa shape index (κ3) is 7.50. The maximum Gasteiger partial charge on any atom is 0.223 e. The largest absolute Gasteiger partial charge is 0.493 e. The third-order valence-corrected chi connectivity index (χ3v) is 3.17. The highest BCUT2D eigenvalue weighted by molar-refractivity contribution is 9.10. The molecule has 0 saturated carbocycles. The van der Waals surface area contributed by atoms with Crippen molar-refractivity contribution in [3.05, 3.63) is 28.7 Å². The molecule has 1 aromatic carbocycles. The van der Waals surface area contributed by atoms with Crippen LogP contribution in [0.4, 0.5) is 0 Å². The molecule has 0 bridgehead atoms. The molecule has 0 aliphatic heterocycles. The number of carbonyl (C=O) groups is 1. The SMILES string of the molecule is CC(C)CC(O)CNC(=O)CCOc1cccc(Br)c1. The van der Waals surface area contributed by atoms with Gasteiger partial charge in [0.1, 0.15) is 5.75 Å². The van der Waals surface area contributed by atoms with Crippen LogP contribution >= 0.6 is 15.9 Å². The van der Waals surface area contributed by atoms with Crippen LogP contribution in [0.25, 0.3) is 0 Å². The number of amides is 1. The maximum absolute atomic E-state index is 11.6. The highest BCUT2D eigenvalue weighted by Gasteiger charge is 2.09. The first-order valence-electron chi connectivity index (χ1n) is 6.80. The average Bonchev–Trinajstić information content (AvgIpc) is 2.36. The van der Waals surface area contributed by atoms with Gasteiger partial charge in [-0.3, -0.25) is 4.79 Å². The highest BCUT2D eigenvalue weighted by Crippen LogP contribution is 2.17. The molecule has 0 saturated heterocycles. The zero-order valence-electron chi connectivity index (χ0n) is 11.9. The van der Waals surface area contributed by atoms with Crippen LogP contribution in [0, 0.1) is 5.92 Å². The van der Waals surface area contributed by atoms with Crippen molar-refractivity contribution in [2.45, 2.75) is 32.8 Å². The van der Waals surface area contributed by atoms with E-state index in [0.717, 1.165) is 10.2 Å². The number of nitrogens with one attached hydrogen (secondary N) is 1. The summed E-state index contributed by atoms with van der Waals surface area (Å²) >= 11 is 3.36. The molecule has 1 aromatic rings. The van der Waals surface area contributed by atoms with Gasteiger partial charge in [0, 0.05) is 11.0 Å². The Morgan fingerprint density at radius 3 is 2.85 bits per heavy atom. The van der Waals surface area contributed by atoms with Gasteiger partial charge < -0.3 is 15.2 Å². The Kier molecular flexibility index (Phi) is 7.62. The van der Waals surface area contributed by atoms with Gasteiger partial charge in [-0.05, 0) is 30.5 Å². The number of hydrogen-bond acceptors (Lipinski definition) is 3. The van der Waals surface area contributed by atoms with Crippen molar-refractivity contribution in [1.82, 2.24) is 5.32 Å². The molecule has 0 radical (unpaired) electrons. The lowest BCUT2D eigenvalue weighted by Gasteiger charge is -2.14. The average molecular weight is 344 g/mol. The molecule has 0 aliphatic carbocycles. The fraction of sp³-hybridized carbons (Fsp3) is 0.533. The fourth-order valence-corrected chi connectivity index (χ4v) is 2.14. The van der Waals surface area contributed by atoms with Crippen molar-refractivity contribution >= 4 is 21.8 Å². The first kappa shape index (κ1) is 17.0. The van der Waals surface area contributed by atoms with Gasteiger partial charge in [-0.15, -0.1) is 0 Å². The molecule has 0 aliphatic rings. The van der Waals surface area contributed by atoms with Crippen LogP contribution in [-0.4, -0.2) is 30.3 Å². The minimum Gasteiger partial charge on any atom is -0.493 e. The lowest BCUT2D eigenvalue weighted by Crippen LogP contribution is -2.33. The van der Waals surface area contributed by atoms with Crippen LogP contribution in [0.15, 0.2) is 28.7 Å². The summed E-state index contributed by atoms with van der Waals surface area (Å²) in [6.07, 6.45) is 0.486. The van der Waals surface area contributed by atoms with Crippen molar-refractivity contribution in [1.29, 1.82) is 0 Å². The summed E-state index contributed by atoms with van der Waals surface area (Å²) in [6, 6.07) is 7.48. The van der Waals surface area contributed by atoms with Gasteiger partial charge in [0.15, 0.2) is 0 Å². The number of hydrogen-bond donors (Lipinski definition) is 2. The summed E-state index contributed by atoms with van der Waals surface area (Å²) in [7, 11) is 0. The molecule has 0 spiro atoms. The Labute approximate surface area is 128 Å². The monoisotopic (exact) mass is 343 g/mol. The van der Waals surface area contributed by atoms with Crippen LogP contribution in [-0.2, 0) is 4.79 Å². The number of halogens is 1. The lowest BCUT2D eigenvalue weighted by atomic mass is 10.1. The molecule has 0 heterocycles. The van der Waals surface area contributed by atoms with E-state index in [-0.39, 0.29) is 12.3 Å². The summed E-state index contributed by atoms with van der Waals surface area (Å²) in [6.45, 7) is 4.70. The van der Waals surface area contributed by atoms with Crippen LogP contribution in [0.3, 0.4) is 0 Å². The number of rotatable bonds is 8. The Balaban J connectivity index is 2.17. The zero-order valence-corrected chi connectivity index (χ0v) is 13.5. The van der Waals surface area contributed by atoms with Crippen LogP contribution < -0.4 is 10.1 Å². The molecule has 1 amide bonds. The van der Waals surface area contributed by atoms with Gasteiger partial charge >= 0.3 is 0 Å². The van der Waals surface area contributed by atoms with Crippen molar-refractivity contribution < 1.29 is 14.6 Å². The summed E-state index contributed by atoms with van der Waals surface area (Å²) < 4.78 is 6.42. The molecule has 1 atom stereocenters. The molecule has 1 rings (SSSR count). The minimum absolute atomic E-state index is 0.109. The summed E-state index contributed by atoms with van der Waals surface area (Å²) in [5.74, 6) is 1.04. The molecule has 4 nitrogen and oxygen atoms in total. The Hall–Kier alpha value is -1.07. The second-order valence-electron chi connectivity index (χ2n) is 5.14. The fourth-order valence-electron chi connectivity index (χ4n) is 1.77. The van der Waals surface area contributed by atoms with E-state index in [4.69, 9.17) is 4.74 Å². The molecular weight excluding hydrogens is 322 g/mol. The topological polar surface area (TPSA) is 58.6 Å². The van der Waals surface area contributed by atoms with Gasteiger partial charge in [0.25, 0.3) is 0 Å². The van der Waals surface area contributed by atoms with Gasteiger partial charge in [0.05, 0.1) is 19.1 Å². The standard InChI is InChI=1S/C15H22BrNO3/c1-11(2)8-13(18)10-17-15(19)6-7-20-14-5-3-4-12(16)9-14/h3-5,9,11,13,18H,6-8,10H2,1-2H3,(H,17,19). The van der Waals surface area contributed by atoms with E-state index in [1.807, 2.05) is 38.1 Å². The number of aliphatic hydroxyl groups excluding tert-OH is 1. The smallest absolute Gasteiger partial charge is 0.223 e. The Morgan fingerprint density at radius 1 is 1.45 bits per heavy atom. The van der Waals surface area contributed by atoms with Crippen LogP contribution in [0.1, 0.15) is 26.7 Å². The van der Waals surface area contributed by atoms with Crippen LogP contribution in [0.2, 0.25) is 0 Å². The molecule has 0 fully saturated rings. The van der Waals surface area contributed by atoms with Crippen molar-refractivity contribution in [2.75, 3.05) is 13.2 Å². The lowest BCUT2D eigenvalue weighted by molar-refractivity contribution is -0.122. The second-order valence-corrected chi connectivity index (χ2v) is 6.06. The summed E-state index contributed by atoms with van der Waals surface area (Å²) in [5.41, 5.74) is 0. The van der Waals surface area contributed by atoms with E-state index in [9.17, 15) is 9.90 Å². The number of benzene rings is 1. The summed E-state index contributed by atoms with van der Waals surface area (Å²) in [5, 5.41) is 12.4. The minimum atomic E-state index is -0.482. The van der Waals surface area contributed by atoms with E-state index in [1.165, 1.54) is 0 Å². The number of ether oxygens (including phenoxy) is 1. The maximum atomic E-state index is 11.6. The molecular formula is C15H22BrNO3. The Morgan fingerprint density at radius 2 is 2.20 bits per heavy atom. The third-order valence-electron chi connectivity index (χ3n) is 2.67. The van der Waals surface area contributed by atoms with Gasteiger partial charge in [0.2, 0.25) is 5.91 Å². The van der Waals surface area contributed by atoms with Crippen molar-refractivity contribution in [3.63, 3.8) is 0 Å². The Bertz CT molecular complexity index is 423. The van der Waals surface area contributed by atoms with E-state index in [0.29, 0.717) is 25.5 Å². The first-order chi connectivity index (χ1) is 9.47. The molecule has 1 unspecified atom stereocenters. The quantitative estimate of drug-likeness (QED) is 0.762. The highest BCUT2D eigenvalue weighted by atomic mass is 79.9. The molecule has 20 heavy (non-hydrogen) atoms. The first-order valence-corrected chi connectivity index (χ1v) is 7.60. The molecule has 112 valence electrons. The van der Waals surface area contributed by atoms with Crippen molar-refractivity contribution in [3.8, 4) is 5.75 Å². The van der Waals surface area contributed by atoms with E-state index in [1.54, 1.807) is 0 Å².